The molecule has 0 aliphatic heterocycles. The number of carbonyl (C=O) groups excluding carboxylic acids is 1. The topological polar surface area (TPSA) is 139 Å². The van der Waals surface area contributed by atoms with Crippen molar-refractivity contribution >= 4 is 37.6 Å². The van der Waals surface area contributed by atoms with Crippen molar-refractivity contribution in [2.75, 3.05) is 12.0 Å². The molecule has 1 amide bonds. The van der Waals surface area contributed by atoms with Crippen LogP contribution in [0.4, 0.5) is 4.39 Å². The SMILES string of the molecule is Cn1cnc(-c2cc(Cl)c(F)c(C(=O)NNS(=O)(=O)CC3CCC(NS(C)(=O)=O)CC3)c2)c1. The molecule has 1 aliphatic rings. The molecule has 2 aromatic rings. The molecule has 33 heavy (non-hydrogen) atoms. The summed E-state index contributed by atoms with van der Waals surface area (Å²) in [5.41, 5.74) is 2.46. The van der Waals surface area contributed by atoms with Gasteiger partial charge in [-0.15, -0.1) is 4.83 Å². The number of hydrazine groups is 1. The molecule has 14 heteroatoms. The smallest absolute Gasteiger partial charge is 0.269 e. The number of aromatic nitrogens is 2. The maximum Gasteiger partial charge on any atom is 0.269 e. The number of halogens is 2. The monoisotopic (exact) mass is 521 g/mol. The van der Waals surface area contributed by atoms with Crippen LogP contribution < -0.4 is 15.0 Å². The molecule has 0 radical (unpaired) electrons. The predicted octanol–water partition coefficient (Wildman–Crippen LogP) is 1.55. The summed E-state index contributed by atoms with van der Waals surface area (Å²) < 4.78 is 66.1. The van der Waals surface area contributed by atoms with Gasteiger partial charge in [0.25, 0.3) is 5.91 Å². The van der Waals surface area contributed by atoms with Crippen molar-refractivity contribution in [1.82, 2.24) is 24.5 Å². The van der Waals surface area contributed by atoms with E-state index in [2.05, 4.69) is 9.71 Å². The van der Waals surface area contributed by atoms with E-state index in [4.69, 9.17) is 11.6 Å². The number of carbonyl (C=O) groups is 1. The molecular weight excluding hydrogens is 497 g/mol. The Morgan fingerprint density at radius 3 is 2.45 bits per heavy atom. The molecule has 1 aromatic heterocycles. The highest BCUT2D eigenvalue weighted by molar-refractivity contribution is 7.89. The molecule has 0 bridgehead atoms. The van der Waals surface area contributed by atoms with Crippen LogP contribution in [-0.4, -0.2) is 50.3 Å². The molecule has 1 fully saturated rings. The van der Waals surface area contributed by atoms with Gasteiger partial charge in [0.2, 0.25) is 20.0 Å². The molecule has 0 atom stereocenters. The number of hydrogen-bond donors (Lipinski definition) is 3. The van der Waals surface area contributed by atoms with E-state index >= 15 is 0 Å². The first-order valence-electron chi connectivity index (χ1n) is 10.1. The number of imidazole rings is 1. The lowest BCUT2D eigenvalue weighted by molar-refractivity contribution is 0.0941. The summed E-state index contributed by atoms with van der Waals surface area (Å²) in [4.78, 5) is 18.6. The minimum absolute atomic E-state index is 0.198. The van der Waals surface area contributed by atoms with E-state index in [9.17, 15) is 26.0 Å². The van der Waals surface area contributed by atoms with Gasteiger partial charge in [0.1, 0.15) is 0 Å². The fourth-order valence-electron chi connectivity index (χ4n) is 3.76. The summed E-state index contributed by atoms with van der Waals surface area (Å²) in [7, 11) is -5.48. The lowest BCUT2D eigenvalue weighted by Gasteiger charge is -2.28. The van der Waals surface area contributed by atoms with E-state index in [0.717, 1.165) is 6.26 Å². The first-order chi connectivity index (χ1) is 15.3. The second-order valence-corrected chi connectivity index (χ2v) is 12.1. The normalized spacial score (nSPS) is 19.4. The van der Waals surface area contributed by atoms with E-state index in [0.29, 0.717) is 36.9 Å². The van der Waals surface area contributed by atoms with Crippen molar-refractivity contribution in [2.45, 2.75) is 31.7 Å². The summed E-state index contributed by atoms with van der Waals surface area (Å²) in [5, 5.41) is -0.300. The van der Waals surface area contributed by atoms with Crippen LogP contribution >= 0.6 is 11.6 Å². The Morgan fingerprint density at radius 1 is 1.21 bits per heavy atom. The van der Waals surface area contributed by atoms with Gasteiger partial charge < -0.3 is 4.57 Å². The largest absolute Gasteiger partial charge is 0.340 e. The van der Waals surface area contributed by atoms with Gasteiger partial charge >= 0.3 is 0 Å². The molecule has 0 unspecified atom stereocenters. The summed E-state index contributed by atoms with van der Waals surface area (Å²) in [5.74, 6) is -2.44. The van der Waals surface area contributed by atoms with Crippen LogP contribution in [-0.2, 0) is 27.1 Å². The summed E-state index contributed by atoms with van der Waals surface area (Å²) >= 11 is 5.92. The number of hydrogen-bond acceptors (Lipinski definition) is 6. The number of benzene rings is 1. The molecule has 1 aromatic carbocycles. The highest BCUT2D eigenvalue weighted by atomic mass is 35.5. The molecule has 1 saturated carbocycles. The minimum Gasteiger partial charge on any atom is -0.340 e. The van der Waals surface area contributed by atoms with Crippen LogP contribution in [0.1, 0.15) is 36.0 Å². The van der Waals surface area contributed by atoms with Gasteiger partial charge in [-0.2, -0.15) is 0 Å². The van der Waals surface area contributed by atoms with Crippen LogP contribution in [0.25, 0.3) is 11.3 Å². The highest BCUT2D eigenvalue weighted by Crippen LogP contribution is 2.27. The van der Waals surface area contributed by atoms with Crippen LogP contribution in [0.15, 0.2) is 24.7 Å². The van der Waals surface area contributed by atoms with E-state index in [-0.39, 0.29) is 22.7 Å². The number of aryl methyl sites for hydroxylation is 1. The zero-order valence-corrected chi connectivity index (χ0v) is 20.4. The first-order valence-corrected chi connectivity index (χ1v) is 14.0. The molecule has 0 saturated heterocycles. The molecule has 1 aliphatic carbocycles. The average molecular weight is 522 g/mol. The van der Waals surface area contributed by atoms with Gasteiger partial charge in [0.05, 0.1) is 34.6 Å². The molecule has 10 nitrogen and oxygen atoms in total. The fourth-order valence-corrected chi connectivity index (χ4v) is 6.10. The third-order valence-corrected chi connectivity index (χ3v) is 7.64. The zero-order valence-electron chi connectivity index (χ0n) is 18.0. The lowest BCUT2D eigenvalue weighted by atomic mass is 9.88. The number of nitrogens with one attached hydrogen (secondary N) is 3. The summed E-state index contributed by atoms with van der Waals surface area (Å²) in [6.07, 6.45) is 6.33. The standard InChI is InChI=1S/C19H25ClFN5O5S2/c1-26-9-17(22-11-26)13-7-15(18(21)16(20)8-13)19(27)23-25-33(30,31)10-12-3-5-14(6-4-12)24-32(2,28)29/h7-9,11-12,14,24-25H,3-6,10H2,1-2H3,(H,23,27). The lowest BCUT2D eigenvalue weighted by Crippen LogP contribution is -2.45. The van der Waals surface area contributed by atoms with Gasteiger partial charge in [0, 0.05) is 24.8 Å². The first kappa shape index (κ1) is 25.6. The highest BCUT2D eigenvalue weighted by Gasteiger charge is 2.27. The van der Waals surface area contributed by atoms with E-state index in [1.54, 1.807) is 17.8 Å². The molecule has 0 spiro atoms. The Bertz CT molecular complexity index is 1240. The maximum atomic E-state index is 14.5. The van der Waals surface area contributed by atoms with Crippen molar-refractivity contribution in [3.8, 4) is 11.3 Å². The second-order valence-electron chi connectivity index (χ2n) is 8.19. The van der Waals surface area contributed by atoms with Gasteiger partial charge in [-0.1, -0.05) is 11.6 Å². The zero-order chi connectivity index (χ0) is 24.4. The maximum absolute atomic E-state index is 14.5. The number of rotatable bonds is 8. The Hall–Kier alpha value is -2.06. The minimum atomic E-state index is -3.91. The average Bonchev–Trinajstić information content (AvgIpc) is 3.15. The fraction of sp³-hybridized carbons (Fsp3) is 0.474. The van der Waals surface area contributed by atoms with Crippen molar-refractivity contribution in [1.29, 1.82) is 0 Å². The summed E-state index contributed by atoms with van der Waals surface area (Å²) in [6.45, 7) is 0. The van der Waals surface area contributed by atoms with Crippen LogP contribution in [0, 0.1) is 11.7 Å². The third-order valence-electron chi connectivity index (χ3n) is 5.28. The van der Waals surface area contributed by atoms with Gasteiger partial charge in [-0.3, -0.25) is 10.2 Å². The van der Waals surface area contributed by atoms with E-state index < -0.39 is 37.3 Å². The van der Waals surface area contributed by atoms with E-state index in [1.807, 2.05) is 10.3 Å². The molecule has 3 rings (SSSR count). The summed E-state index contributed by atoms with van der Waals surface area (Å²) in [6, 6.07) is 2.35. The number of sulfonamides is 2. The number of nitrogens with zero attached hydrogens (tertiary/aromatic N) is 2. The van der Waals surface area contributed by atoms with Crippen LogP contribution in [0.2, 0.25) is 5.02 Å². The Balaban J connectivity index is 1.60. The van der Waals surface area contributed by atoms with Gasteiger partial charge in [0.15, 0.2) is 5.82 Å². The molecule has 1 heterocycles. The quantitative estimate of drug-likeness (QED) is 0.450. The third kappa shape index (κ3) is 7.21. The van der Waals surface area contributed by atoms with Crippen molar-refractivity contribution in [3.05, 3.63) is 41.1 Å². The van der Waals surface area contributed by atoms with E-state index in [1.165, 1.54) is 18.5 Å². The van der Waals surface area contributed by atoms with Gasteiger partial charge in [-0.25, -0.2) is 30.9 Å². The molecule has 3 N–H and O–H groups in total. The Labute approximate surface area is 197 Å². The Kier molecular flexibility index (Phi) is 7.79. The van der Waals surface area contributed by atoms with Gasteiger partial charge in [-0.05, 0) is 43.7 Å². The van der Waals surface area contributed by atoms with Crippen LogP contribution in [0.5, 0.6) is 0 Å². The molecule has 182 valence electrons. The van der Waals surface area contributed by atoms with Crippen molar-refractivity contribution in [3.63, 3.8) is 0 Å². The van der Waals surface area contributed by atoms with Crippen LogP contribution in [0.3, 0.4) is 0 Å². The Morgan fingerprint density at radius 2 is 1.88 bits per heavy atom. The molecular formula is C19H25ClFN5O5S2. The van der Waals surface area contributed by atoms with Crippen molar-refractivity contribution in [2.24, 2.45) is 13.0 Å². The van der Waals surface area contributed by atoms with Crippen molar-refractivity contribution < 1.29 is 26.0 Å². The second kappa shape index (κ2) is 10.1. The number of amides is 1. The predicted molar refractivity (Wildman–Crippen MR) is 122 cm³/mol.